The van der Waals surface area contributed by atoms with Gasteiger partial charge in [-0.25, -0.2) is 4.21 Å². The Hall–Kier alpha value is 0.110. The van der Waals surface area contributed by atoms with Gasteiger partial charge in [0.05, 0.1) is 6.61 Å². The molecule has 0 amide bonds. The van der Waals surface area contributed by atoms with E-state index in [4.69, 9.17) is 4.18 Å². The highest BCUT2D eigenvalue weighted by Gasteiger charge is 1.96. The molecule has 0 aromatic rings. The molecule has 0 aliphatic rings. The molecule has 0 saturated carbocycles. The van der Waals surface area contributed by atoms with Crippen molar-refractivity contribution in [2.24, 2.45) is 0 Å². The van der Waals surface area contributed by atoms with Crippen LogP contribution in [0.2, 0.25) is 0 Å². The van der Waals surface area contributed by atoms with E-state index in [-0.39, 0.29) is 0 Å². The Morgan fingerprint density at radius 2 is 1.91 bits per heavy atom. The first-order chi connectivity index (χ1) is 5.31. The van der Waals surface area contributed by atoms with E-state index in [1.807, 2.05) is 6.92 Å². The molecule has 0 unspecified atom stereocenters. The fourth-order valence-electron chi connectivity index (χ4n) is 0.837. The largest absolute Gasteiger partial charge is 0.291 e. The van der Waals surface area contributed by atoms with Gasteiger partial charge in [-0.3, -0.25) is 4.18 Å². The third-order valence-electron chi connectivity index (χ3n) is 1.41. The Morgan fingerprint density at radius 1 is 1.18 bits per heavy atom. The van der Waals surface area contributed by atoms with Gasteiger partial charge in [0.25, 0.3) is 0 Å². The van der Waals surface area contributed by atoms with Crippen molar-refractivity contribution < 1.29 is 8.39 Å². The standard InChI is InChI=1S/C8H18O2S/c1-3-5-6-7-8-11(9)10-4-2/h3-8H2,1-2H3/t11-/m1/s1. The molecule has 0 aliphatic heterocycles. The van der Waals surface area contributed by atoms with E-state index in [0.29, 0.717) is 12.4 Å². The fraction of sp³-hybridized carbons (Fsp3) is 1.00. The molecule has 0 rings (SSSR count). The number of rotatable bonds is 7. The smallest absolute Gasteiger partial charge is 0.155 e. The molecular weight excluding hydrogens is 160 g/mol. The minimum atomic E-state index is -1.02. The van der Waals surface area contributed by atoms with Crippen molar-refractivity contribution in [2.45, 2.75) is 39.5 Å². The van der Waals surface area contributed by atoms with Gasteiger partial charge in [0, 0.05) is 5.75 Å². The summed E-state index contributed by atoms with van der Waals surface area (Å²) in [5, 5.41) is 0. The number of hydrogen-bond acceptors (Lipinski definition) is 2. The molecular formula is C8H18O2S. The van der Waals surface area contributed by atoms with Gasteiger partial charge in [0.1, 0.15) is 0 Å². The highest BCUT2D eigenvalue weighted by atomic mass is 32.2. The van der Waals surface area contributed by atoms with Crippen molar-refractivity contribution in [1.82, 2.24) is 0 Å². The lowest BCUT2D eigenvalue weighted by atomic mass is 10.2. The van der Waals surface area contributed by atoms with Crippen LogP contribution in [0.25, 0.3) is 0 Å². The summed E-state index contributed by atoms with van der Waals surface area (Å²) in [6, 6.07) is 0. The molecule has 0 aromatic carbocycles. The van der Waals surface area contributed by atoms with Crippen molar-refractivity contribution in [3.05, 3.63) is 0 Å². The third kappa shape index (κ3) is 8.01. The van der Waals surface area contributed by atoms with E-state index in [2.05, 4.69) is 6.92 Å². The second kappa shape index (κ2) is 8.21. The van der Waals surface area contributed by atoms with E-state index in [1.54, 1.807) is 0 Å². The van der Waals surface area contributed by atoms with Gasteiger partial charge in [0.15, 0.2) is 11.1 Å². The predicted octanol–water partition coefficient (Wildman–Crippen LogP) is 2.27. The van der Waals surface area contributed by atoms with Gasteiger partial charge in [-0.1, -0.05) is 26.2 Å². The maximum atomic E-state index is 10.9. The summed E-state index contributed by atoms with van der Waals surface area (Å²) in [5.41, 5.74) is 0. The van der Waals surface area contributed by atoms with E-state index < -0.39 is 11.1 Å². The first-order valence-corrected chi connectivity index (χ1v) is 5.57. The molecule has 0 N–H and O–H groups in total. The number of hydrogen-bond donors (Lipinski definition) is 0. The van der Waals surface area contributed by atoms with Crippen LogP contribution in [0.1, 0.15) is 39.5 Å². The van der Waals surface area contributed by atoms with Crippen LogP contribution in [0.3, 0.4) is 0 Å². The van der Waals surface area contributed by atoms with Gasteiger partial charge < -0.3 is 0 Å². The van der Waals surface area contributed by atoms with Crippen LogP contribution in [0.5, 0.6) is 0 Å². The molecule has 0 heterocycles. The van der Waals surface area contributed by atoms with Crippen LogP contribution < -0.4 is 0 Å². The molecule has 11 heavy (non-hydrogen) atoms. The summed E-state index contributed by atoms with van der Waals surface area (Å²) in [5.74, 6) is 0.702. The second-order valence-electron chi connectivity index (χ2n) is 2.48. The molecule has 0 bridgehead atoms. The molecule has 0 aliphatic carbocycles. The lowest BCUT2D eigenvalue weighted by molar-refractivity contribution is 0.370. The topological polar surface area (TPSA) is 26.3 Å². The summed E-state index contributed by atoms with van der Waals surface area (Å²) in [6.07, 6.45) is 4.67. The van der Waals surface area contributed by atoms with Crippen LogP contribution in [-0.2, 0) is 15.3 Å². The summed E-state index contributed by atoms with van der Waals surface area (Å²) in [4.78, 5) is 0. The maximum Gasteiger partial charge on any atom is 0.155 e. The normalized spacial score (nSPS) is 13.3. The van der Waals surface area contributed by atoms with Crippen LogP contribution in [-0.4, -0.2) is 16.6 Å². The van der Waals surface area contributed by atoms with Crippen molar-refractivity contribution in [1.29, 1.82) is 0 Å². The average molecular weight is 178 g/mol. The monoisotopic (exact) mass is 178 g/mol. The van der Waals surface area contributed by atoms with Gasteiger partial charge in [-0.05, 0) is 13.3 Å². The van der Waals surface area contributed by atoms with E-state index >= 15 is 0 Å². The molecule has 3 heteroatoms. The van der Waals surface area contributed by atoms with Crippen LogP contribution >= 0.6 is 0 Å². The lowest BCUT2D eigenvalue weighted by Gasteiger charge is -1.99. The number of unbranched alkanes of at least 4 members (excludes halogenated alkanes) is 3. The zero-order valence-corrected chi connectivity index (χ0v) is 8.28. The van der Waals surface area contributed by atoms with Crippen LogP contribution in [0.4, 0.5) is 0 Å². The van der Waals surface area contributed by atoms with Gasteiger partial charge in [-0.15, -0.1) is 0 Å². The minimum absolute atomic E-state index is 0.556. The van der Waals surface area contributed by atoms with E-state index in [1.165, 1.54) is 19.3 Å². The summed E-state index contributed by atoms with van der Waals surface area (Å²) < 4.78 is 15.8. The van der Waals surface area contributed by atoms with Crippen molar-refractivity contribution >= 4 is 11.1 Å². The van der Waals surface area contributed by atoms with Gasteiger partial charge in [0.2, 0.25) is 0 Å². The van der Waals surface area contributed by atoms with Crippen molar-refractivity contribution in [2.75, 3.05) is 12.4 Å². The average Bonchev–Trinajstić information content (AvgIpc) is 1.99. The highest BCUT2D eigenvalue weighted by Crippen LogP contribution is 2.00. The zero-order valence-electron chi connectivity index (χ0n) is 7.47. The quantitative estimate of drug-likeness (QED) is 0.559. The first-order valence-electron chi connectivity index (χ1n) is 4.32. The first kappa shape index (κ1) is 11.1. The summed E-state index contributed by atoms with van der Waals surface area (Å²) in [6.45, 7) is 4.59. The fourth-order valence-corrected chi connectivity index (χ4v) is 1.66. The van der Waals surface area contributed by atoms with Gasteiger partial charge >= 0.3 is 0 Å². The summed E-state index contributed by atoms with van der Waals surface area (Å²) in [7, 11) is 0. The van der Waals surface area contributed by atoms with Crippen LogP contribution in [0, 0.1) is 0 Å². The minimum Gasteiger partial charge on any atom is -0.291 e. The molecule has 0 spiro atoms. The van der Waals surface area contributed by atoms with Crippen molar-refractivity contribution in [3.8, 4) is 0 Å². The third-order valence-corrected chi connectivity index (χ3v) is 2.53. The maximum absolute atomic E-state index is 10.9. The Kier molecular flexibility index (Phi) is 8.29. The van der Waals surface area contributed by atoms with Crippen LogP contribution in [0.15, 0.2) is 0 Å². The predicted molar refractivity (Wildman–Crippen MR) is 48.8 cm³/mol. The van der Waals surface area contributed by atoms with Crippen molar-refractivity contribution in [3.63, 3.8) is 0 Å². The molecule has 0 saturated heterocycles. The molecule has 0 radical (unpaired) electrons. The Balaban J connectivity index is 3.04. The lowest BCUT2D eigenvalue weighted by Crippen LogP contribution is -2.01. The van der Waals surface area contributed by atoms with E-state index in [0.717, 1.165) is 6.42 Å². The Labute approximate surface area is 72.0 Å². The molecule has 68 valence electrons. The Bertz CT molecular complexity index is 104. The Morgan fingerprint density at radius 3 is 2.45 bits per heavy atom. The zero-order chi connectivity index (χ0) is 8.53. The molecule has 0 aromatic heterocycles. The second-order valence-corrected chi connectivity index (χ2v) is 3.73. The molecule has 1 atom stereocenters. The molecule has 2 nitrogen and oxygen atoms in total. The van der Waals surface area contributed by atoms with E-state index in [9.17, 15) is 4.21 Å². The highest BCUT2D eigenvalue weighted by molar-refractivity contribution is 7.80. The molecule has 0 fully saturated rings. The SMILES string of the molecule is CCCCCC[S@](=O)OCC. The van der Waals surface area contributed by atoms with Gasteiger partial charge in [-0.2, -0.15) is 0 Å². The summed E-state index contributed by atoms with van der Waals surface area (Å²) >= 11 is -1.02.